The topological polar surface area (TPSA) is 45.4 Å². The lowest BCUT2D eigenvalue weighted by atomic mass is 10.1. The summed E-state index contributed by atoms with van der Waals surface area (Å²) in [6.45, 7) is 7.78. The first kappa shape index (κ1) is 16.7. The Hall–Kier alpha value is -0.660. The Morgan fingerprint density at radius 1 is 1.33 bits per heavy atom. The second kappa shape index (κ2) is 7.56. The summed E-state index contributed by atoms with van der Waals surface area (Å²) in [7, 11) is 0. The van der Waals surface area contributed by atoms with Gasteiger partial charge in [0.15, 0.2) is 5.13 Å². The molecule has 2 aromatic heterocycles. The Labute approximate surface area is 140 Å². The van der Waals surface area contributed by atoms with Crippen LogP contribution in [0.2, 0.25) is 0 Å². The minimum Gasteiger partial charge on any atom is -0.375 e. The normalized spacial score (nSPS) is 18.3. The zero-order valence-electron chi connectivity index (χ0n) is 12.1. The molecule has 7 heteroatoms. The minimum absolute atomic E-state index is 0. The highest BCUT2D eigenvalue weighted by atomic mass is 35.5. The lowest BCUT2D eigenvalue weighted by Crippen LogP contribution is -2.46. The number of thiazole rings is 1. The van der Waals surface area contributed by atoms with Gasteiger partial charge in [0.05, 0.1) is 0 Å². The number of nitrogens with zero attached hydrogens (tertiary/aromatic N) is 3. The molecule has 1 aliphatic heterocycles. The van der Waals surface area contributed by atoms with E-state index in [2.05, 4.69) is 38.5 Å². The third-order valence-electron chi connectivity index (χ3n) is 3.93. The van der Waals surface area contributed by atoms with Crippen molar-refractivity contribution in [2.75, 3.05) is 31.9 Å². The number of aromatic nitrogens is 1. The van der Waals surface area contributed by atoms with Crippen molar-refractivity contribution in [1.29, 1.82) is 0 Å². The van der Waals surface area contributed by atoms with Crippen LogP contribution in [0.3, 0.4) is 0 Å². The standard InChI is InChI=1S/C14H20N4S2.ClH/c1-11(12-2-7-19-10-12)18-5-3-17(4-6-18)9-13-8-16-14(15)20-13;/h2,7-8,10-11H,3-6,9H2,1H3,(H2,15,16);1H. The lowest BCUT2D eigenvalue weighted by Gasteiger charge is -2.37. The van der Waals surface area contributed by atoms with Crippen LogP contribution >= 0.6 is 35.1 Å². The average Bonchev–Trinajstić information content (AvgIpc) is 3.11. The third-order valence-corrected chi connectivity index (χ3v) is 5.44. The van der Waals surface area contributed by atoms with E-state index in [1.165, 1.54) is 10.4 Å². The van der Waals surface area contributed by atoms with Gasteiger partial charge in [0.25, 0.3) is 0 Å². The molecule has 0 bridgehead atoms. The third kappa shape index (κ3) is 4.17. The van der Waals surface area contributed by atoms with Crippen LogP contribution in [0.4, 0.5) is 5.13 Å². The highest BCUT2D eigenvalue weighted by Gasteiger charge is 2.22. The van der Waals surface area contributed by atoms with E-state index in [-0.39, 0.29) is 12.4 Å². The highest BCUT2D eigenvalue weighted by Crippen LogP contribution is 2.24. The van der Waals surface area contributed by atoms with Gasteiger partial charge in [-0.3, -0.25) is 9.80 Å². The van der Waals surface area contributed by atoms with Crippen molar-refractivity contribution in [3.8, 4) is 0 Å². The molecule has 0 amide bonds. The van der Waals surface area contributed by atoms with Gasteiger partial charge in [-0.1, -0.05) is 0 Å². The maximum Gasteiger partial charge on any atom is 0.180 e. The molecule has 1 fully saturated rings. The number of hydrogen-bond donors (Lipinski definition) is 1. The molecule has 116 valence electrons. The molecule has 2 N–H and O–H groups in total. The Balaban J connectivity index is 0.00000161. The fourth-order valence-electron chi connectivity index (χ4n) is 2.65. The lowest BCUT2D eigenvalue weighted by molar-refractivity contribution is 0.0986. The average molecular weight is 345 g/mol. The molecule has 21 heavy (non-hydrogen) atoms. The van der Waals surface area contributed by atoms with E-state index in [0.29, 0.717) is 11.2 Å². The molecule has 0 saturated carbocycles. The van der Waals surface area contributed by atoms with Crippen LogP contribution in [0.25, 0.3) is 0 Å². The maximum atomic E-state index is 5.68. The fraction of sp³-hybridized carbons (Fsp3) is 0.500. The smallest absolute Gasteiger partial charge is 0.180 e. The first-order valence-electron chi connectivity index (χ1n) is 6.91. The Morgan fingerprint density at radius 2 is 2.10 bits per heavy atom. The zero-order valence-corrected chi connectivity index (χ0v) is 14.5. The van der Waals surface area contributed by atoms with Crippen LogP contribution < -0.4 is 5.73 Å². The molecular formula is C14H21ClN4S2. The number of rotatable bonds is 4. The van der Waals surface area contributed by atoms with Crippen LogP contribution in [-0.2, 0) is 6.54 Å². The molecule has 1 atom stereocenters. The molecule has 1 aliphatic rings. The van der Waals surface area contributed by atoms with Crippen molar-refractivity contribution in [1.82, 2.24) is 14.8 Å². The molecule has 2 aromatic rings. The van der Waals surface area contributed by atoms with E-state index in [1.807, 2.05) is 6.20 Å². The molecule has 0 radical (unpaired) electrons. The SMILES string of the molecule is CC(c1ccsc1)N1CCN(Cc2cnc(N)s2)CC1.Cl. The Morgan fingerprint density at radius 3 is 2.67 bits per heavy atom. The predicted octanol–water partition coefficient (Wildman–Crippen LogP) is 3.09. The van der Waals surface area contributed by atoms with E-state index in [9.17, 15) is 0 Å². The van der Waals surface area contributed by atoms with Gasteiger partial charge in [-0.2, -0.15) is 11.3 Å². The summed E-state index contributed by atoms with van der Waals surface area (Å²) in [5, 5.41) is 5.10. The largest absolute Gasteiger partial charge is 0.375 e. The van der Waals surface area contributed by atoms with Gasteiger partial charge in [0, 0.05) is 49.8 Å². The number of hydrogen-bond acceptors (Lipinski definition) is 6. The molecule has 3 rings (SSSR count). The van der Waals surface area contributed by atoms with Crippen molar-refractivity contribution in [2.24, 2.45) is 0 Å². The Kier molecular flexibility index (Phi) is 6.01. The molecule has 0 spiro atoms. The van der Waals surface area contributed by atoms with E-state index in [0.717, 1.165) is 32.7 Å². The summed E-state index contributed by atoms with van der Waals surface area (Å²) in [5.41, 5.74) is 7.12. The number of nitrogen functional groups attached to an aromatic ring is 1. The first-order chi connectivity index (χ1) is 9.72. The van der Waals surface area contributed by atoms with Gasteiger partial charge in [-0.25, -0.2) is 4.98 Å². The molecule has 0 aliphatic carbocycles. The maximum absolute atomic E-state index is 5.68. The zero-order chi connectivity index (χ0) is 13.9. The second-order valence-corrected chi connectivity index (χ2v) is 7.14. The van der Waals surface area contributed by atoms with Gasteiger partial charge < -0.3 is 5.73 Å². The molecule has 1 unspecified atom stereocenters. The summed E-state index contributed by atoms with van der Waals surface area (Å²) in [5.74, 6) is 0. The van der Waals surface area contributed by atoms with E-state index in [1.54, 1.807) is 22.7 Å². The van der Waals surface area contributed by atoms with E-state index < -0.39 is 0 Å². The van der Waals surface area contributed by atoms with E-state index >= 15 is 0 Å². The van der Waals surface area contributed by atoms with Gasteiger partial charge in [0.1, 0.15) is 0 Å². The summed E-state index contributed by atoms with van der Waals surface area (Å²) in [6, 6.07) is 2.77. The summed E-state index contributed by atoms with van der Waals surface area (Å²) in [4.78, 5) is 10.4. The van der Waals surface area contributed by atoms with Gasteiger partial charge >= 0.3 is 0 Å². The molecular weight excluding hydrogens is 324 g/mol. The fourth-order valence-corrected chi connectivity index (χ4v) is 4.12. The van der Waals surface area contributed by atoms with Gasteiger partial charge in [0.2, 0.25) is 0 Å². The number of anilines is 1. The number of nitrogens with two attached hydrogens (primary N) is 1. The van der Waals surface area contributed by atoms with Crippen molar-refractivity contribution >= 4 is 40.2 Å². The van der Waals surface area contributed by atoms with Crippen molar-refractivity contribution in [3.63, 3.8) is 0 Å². The Bertz CT molecular complexity index is 535. The summed E-state index contributed by atoms with van der Waals surface area (Å²) in [6.07, 6.45) is 1.90. The quantitative estimate of drug-likeness (QED) is 0.925. The van der Waals surface area contributed by atoms with Crippen molar-refractivity contribution in [3.05, 3.63) is 33.5 Å². The van der Waals surface area contributed by atoms with Crippen LogP contribution in [0, 0.1) is 0 Å². The highest BCUT2D eigenvalue weighted by molar-refractivity contribution is 7.15. The molecule has 1 saturated heterocycles. The van der Waals surface area contributed by atoms with Crippen LogP contribution in [0.1, 0.15) is 23.4 Å². The van der Waals surface area contributed by atoms with E-state index in [4.69, 9.17) is 5.73 Å². The summed E-state index contributed by atoms with van der Waals surface area (Å²) < 4.78 is 0. The van der Waals surface area contributed by atoms with Crippen LogP contribution in [0.5, 0.6) is 0 Å². The minimum atomic E-state index is 0. The molecule has 4 nitrogen and oxygen atoms in total. The van der Waals surface area contributed by atoms with Crippen molar-refractivity contribution in [2.45, 2.75) is 19.5 Å². The summed E-state index contributed by atoms with van der Waals surface area (Å²) >= 11 is 3.38. The number of piperazine rings is 1. The van der Waals surface area contributed by atoms with Gasteiger partial charge in [-0.15, -0.1) is 23.7 Å². The first-order valence-corrected chi connectivity index (χ1v) is 8.67. The molecule has 3 heterocycles. The van der Waals surface area contributed by atoms with Crippen LogP contribution in [0.15, 0.2) is 23.0 Å². The second-order valence-electron chi connectivity index (χ2n) is 5.21. The predicted molar refractivity (Wildman–Crippen MR) is 93.4 cm³/mol. The van der Waals surface area contributed by atoms with Crippen LogP contribution in [-0.4, -0.2) is 41.0 Å². The number of thiophene rings is 1. The van der Waals surface area contributed by atoms with Crippen molar-refractivity contribution < 1.29 is 0 Å². The molecule has 0 aromatic carbocycles. The monoisotopic (exact) mass is 344 g/mol. The van der Waals surface area contributed by atoms with Gasteiger partial charge in [-0.05, 0) is 29.3 Å². The number of halogens is 1.